The summed E-state index contributed by atoms with van der Waals surface area (Å²) in [5.41, 5.74) is -12.7. The molecule has 0 radical (unpaired) electrons. The summed E-state index contributed by atoms with van der Waals surface area (Å²) in [5, 5.41) is 0. The Morgan fingerprint density at radius 2 is 1.30 bits per heavy atom. The van der Waals surface area contributed by atoms with Gasteiger partial charge in [-0.15, -0.1) is 10.2 Å². The van der Waals surface area contributed by atoms with Crippen molar-refractivity contribution in [3.63, 3.8) is 0 Å². The first-order chi connectivity index (χ1) is 11.9. The quantitative estimate of drug-likeness (QED) is 0.600. The van der Waals surface area contributed by atoms with Crippen molar-refractivity contribution in [1.29, 1.82) is 0 Å². The third-order valence-electron chi connectivity index (χ3n) is 2.95. The fourth-order valence-electron chi connectivity index (χ4n) is 1.91. The van der Waals surface area contributed by atoms with Gasteiger partial charge in [-0.2, -0.15) is 26.3 Å². The molecule has 16 heteroatoms. The van der Waals surface area contributed by atoms with Crippen LogP contribution in [0.4, 0.5) is 30.7 Å². The van der Waals surface area contributed by atoms with Crippen LogP contribution in [0, 0.1) is 0 Å². The van der Waals surface area contributed by atoms with Gasteiger partial charge in [0.05, 0.1) is 0 Å². The van der Waals surface area contributed by atoms with E-state index < -0.39 is 61.9 Å². The van der Waals surface area contributed by atoms with Crippen molar-refractivity contribution in [2.45, 2.75) is 15.9 Å². The lowest BCUT2D eigenvalue weighted by molar-refractivity contribution is -0.0505. The maximum Gasteiger partial charge on any atom is 0.513 e. The maximum absolute atomic E-state index is 13.0. The lowest BCUT2D eigenvalue weighted by Gasteiger charge is -2.41. The average Bonchev–Trinajstić information content (AvgIpc) is 2.44. The van der Waals surface area contributed by atoms with Gasteiger partial charge < -0.3 is 4.74 Å². The van der Waals surface area contributed by atoms with Gasteiger partial charge in [-0.25, -0.2) is 21.2 Å². The second-order valence-corrected chi connectivity index (χ2v) is 12.6. The van der Waals surface area contributed by atoms with E-state index in [0.29, 0.717) is 12.5 Å². The number of hydrogen-bond donors (Lipinski definition) is 0. The number of rotatable bonds is 6. The number of sulfonamides is 2. The van der Waals surface area contributed by atoms with Gasteiger partial charge in [0, 0.05) is 4.90 Å². The summed E-state index contributed by atoms with van der Waals surface area (Å²) in [6, 6.07) is 4.02. The predicted molar refractivity (Wildman–Crippen MR) is 82.5 cm³/mol. The van der Waals surface area contributed by atoms with Gasteiger partial charge in [0.2, 0.25) is 6.86 Å². The van der Waals surface area contributed by atoms with E-state index in [4.69, 9.17) is 0 Å². The van der Waals surface area contributed by atoms with Crippen LogP contribution in [-0.2, 0) is 20.0 Å². The minimum Gasteiger partial charge on any atom is -0.462 e. The minimum absolute atomic E-state index is 0.556. The van der Waals surface area contributed by atoms with E-state index in [1.807, 2.05) is 0 Å². The van der Waals surface area contributed by atoms with Gasteiger partial charge in [0.1, 0.15) is 5.75 Å². The van der Waals surface area contributed by atoms with Crippen LogP contribution >= 0.6 is 10.2 Å². The standard InChI is InChI=1S/C11H12F7NO5S3/c1-25(2,9-6-4-3-5-8(9)24-7-12)19(26(20,21)10(13,14)15)27(22,23)11(16,17)18/h3-6H,7H2,1-2H3. The Balaban J connectivity index is 3.92. The molecule has 0 aromatic heterocycles. The summed E-state index contributed by atoms with van der Waals surface area (Å²) >= 11 is 0. The van der Waals surface area contributed by atoms with Crippen LogP contribution < -0.4 is 4.74 Å². The molecule has 0 aliphatic rings. The zero-order valence-corrected chi connectivity index (χ0v) is 15.8. The van der Waals surface area contributed by atoms with Crippen LogP contribution in [0.2, 0.25) is 0 Å². The van der Waals surface area contributed by atoms with E-state index in [-0.39, 0.29) is 0 Å². The van der Waals surface area contributed by atoms with E-state index in [9.17, 15) is 47.6 Å². The fraction of sp³-hybridized carbons (Fsp3) is 0.455. The van der Waals surface area contributed by atoms with E-state index in [0.717, 1.165) is 18.2 Å². The van der Waals surface area contributed by atoms with E-state index in [2.05, 4.69) is 4.74 Å². The third-order valence-corrected chi connectivity index (χ3v) is 11.7. The van der Waals surface area contributed by atoms with Gasteiger partial charge in [-0.3, -0.25) is 0 Å². The maximum atomic E-state index is 13.0. The van der Waals surface area contributed by atoms with Crippen molar-refractivity contribution < 1.29 is 52.3 Å². The highest BCUT2D eigenvalue weighted by Crippen LogP contribution is 2.61. The molecular weight excluding hydrogens is 455 g/mol. The summed E-state index contributed by atoms with van der Waals surface area (Å²) in [5.74, 6) is -0.611. The van der Waals surface area contributed by atoms with Crippen molar-refractivity contribution in [2.75, 3.05) is 19.4 Å². The molecule has 158 valence electrons. The van der Waals surface area contributed by atoms with E-state index >= 15 is 0 Å². The molecule has 0 unspecified atom stereocenters. The highest BCUT2D eigenvalue weighted by molar-refractivity contribution is 8.40. The average molecular weight is 467 g/mol. The number of ether oxygens (including phenoxy) is 1. The van der Waals surface area contributed by atoms with E-state index in [1.54, 1.807) is 0 Å². The van der Waals surface area contributed by atoms with Crippen molar-refractivity contribution in [2.24, 2.45) is 0 Å². The molecule has 0 saturated heterocycles. The zero-order valence-electron chi connectivity index (χ0n) is 13.4. The lowest BCUT2D eigenvalue weighted by atomic mass is 10.3. The van der Waals surface area contributed by atoms with Crippen LogP contribution in [0.25, 0.3) is 0 Å². The lowest BCUT2D eigenvalue weighted by Crippen LogP contribution is -2.49. The Kier molecular flexibility index (Phi) is 6.42. The van der Waals surface area contributed by atoms with Gasteiger partial charge in [0.25, 0.3) is 0 Å². The van der Waals surface area contributed by atoms with Crippen molar-refractivity contribution >= 4 is 30.3 Å². The molecule has 0 aliphatic carbocycles. The Morgan fingerprint density at radius 1 is 0.889 bits per heavy atom. The molecule has 1 aromatic rings. The summed E-state index contributed by atoms with van der Waals surface area (Å²) in [4.78, 5) is -0.664. The van der Waals surface area contributed by atoms with Gasteiger partial charge in [0.15, 0.2) is 0 Å². The van der Waals surface area contributed by atoms with Gasteiger partial charge in [-0.05, 0) is 27.8 Å². The molecule has 27 heavy (non-hydrogen) atoms. The van der Waals surface area contributed by atoms with Gasteiger partial charge >= 0.3 is 31.1 Å². The highest BCUT2D eigenvalue weighted by Gasteiger charge is 2.65. The monoisotopic (exact) mass is 467 g/mol. The molecule has 0 bridgehead atoms. The highest BCUT2D eigenvalue weighted by atomic mass is 32.4. The number of hydrogen-bond acceptors (Lipinski definition) is 5. The first-order valence-corrected chi connectivity index (χ1v) is 11.7. The molecule has 0 spiro atoms. The van der Waals surface area contributed by atoms with Crippen LogP contribution in [0.15, 0.2) is 29.2 Å². The van der Waals surface area contributed by atoms with E-state index in [1.165, 1.54) is 6.07 Å². The molecular formula is C11H12F7NO5S3. The molecule has 0 amide bonds. The molecule has 0 N–H and O–H groups in total. The smallest absolute Gasteiger partial charge is 0.462 e. The van der Waals surface area contributed by atoms with Crippen LogP contribution in [0.5, 0.6) is 5.75 Å². The third kappa shape index (κ3) is 4.27. The molecule has 0 aliphatic heterocycles. The van der Waals surface area contributed by atoms with Crippen LogP contribution in [0.1, 0.15) is 0 Å². The molecule has 0 heterocycles. The van der Waals surface area contributed by atoms with Crippen LogP contribution in [0.3, 0.4) is 0 Å². The molecule has 6 nitrogen and oxygen atoms in total. The molecule has 1 rings (SSSR count). The Morgan fingerprint density at radius 3 is 1.67 bits per heavy atom. The Bertz CT molecular complexity index is 850. The minimum atomic E-state index is -7.00. The molecule has 0 saturated carbocycles. The Hall–Kier alpha value is -1.26. The molecule has 0 fully saturated rings. The van der Waals surface area contributed by atoms with Crippen molar-refractivity contribution in [1.82, 2.24) is 3.12 Å². The number of para-hydroxylation sites is 1. The zero-order chi connectivity index (χ0) is 21.5. The topological polar surface area (TPSA) is 80.8 Å². The fourth-order valence-corrected chi connectivity index (χ4v) is 9.89. The van der Waals surface area contributed by atoms with Gasteiger partial charge in [-0.1, -0.05) is 12.1 Å². The predicted octanol–water partition coefficient (Wildman–Crippen LogP) is 3.33. The number of benzene rings is 1. The first kappa shape index (κ1) is 23.8. The number of halogens is 7. The van der Waals surface area contributed by atoms with Crippen molar-refractivity contribution in [3.8, 4) is 5.75 Å². The SMILES string of the molecule is CS(C)(c1ccccc1OCF)N(S(=O)(=O)C(F)(F)F)S(=O)(=O)C(F)(F)F. The molecule has 1 aromatic carbocycles. The number of alkyl halides is 7. The summed E-state index contributed by atoms with van der Waals surface area (Å²) in [6.45, 7) is -1.55. The first-order valence-electron chi connectivity index (χ1n) is 6.36. The van der Waals surface area contributed by atoms with Crippen molar-refractivity contribution in [3.05, 3.63) is 24.3 Å². The Labute approximate surface area is 151 Å². The largest absolute Gasteiger partial charge is 0.513 e. The summed E-state index contributed by atoms with van der Waals surface area (Å²) in [6.07, 6.45) is 1.11. The second kappa shape index (κ2) is 7.29. The molecule has 0 atom stereocenters. The van der Waals surface area contributed by atoms with Crippen LogP contribution in [-0.4, -0.2) is 50.3 Å². The summed E-state index contributed by atoms with van der Waals surface area (Å²) < 4.78 is 140. The summed E-state index contributed by atoms with van der Waals surface area (Å²) in [7, 11) is -18.1. The normalized spacial score (nSPS) is 15.0. The number of nitrogens with zero attached hydrogens (tertiary/aromatic N) is 1. The second-order valence-electron chi connectivity index (χ2n) is 5.04.